The van der Waals surface area contributed by atoms with Crippen LogP contribution in [0.1, 0.15) is 16.2 Å². The lowest BCUT2D eigenvalue weighted by Crippen LogP contribution is -1.96. The highest BCUT2D eigenvalue weighted by molar-refractivity contribution is 6.35. The monoisotopic (exact) mass is 337 g/mol. The molecule has 1 N–H and O–H groups in total. The van der Waals surface area contributed by atoms with Crippen molar-refractivity contribution < 1.29 is 19.1 Å². The first kappa shape index (κ1) is 14.7. The van der Waals surface area contributed by atoms with Gasteiger partial charge in [-0.25, -0.2) is 9.78 Å². The Labute approximate surface area is 135 Å². The van der Waals surface area contributed by atoms with Crippen molar-refractivity contribution in [1.82, 2.24) is 4.98 Å². The summed E-state index contributed by atoms with van der Waals surface area (Å²) in [7, 11) is 0. The fourth-order valence-corrected chi connectivity index (χ4v) is 2.36. The first-order chi connectivity index (χ1) is 10.5. The summed E-state index contributed by atoms with van der Waals surface area (Å²) in [4.78, 5) is 15.1. The molecule has 0 amide bonds. The summed E-state index contributed by atoms with van der Waals surface area (Å²) in [6.07, 6.45) is 0. The highest BCUT2D eigenvalue weighted by Gasteiger charge is 2.11. The minimum absolute atomic E-state index is 0.0679. The first-order valence-electron chi connectivity index (χ1n) is 6.23. The Kier molecular flexibility index (Phi) is 3.92. The normalized spacial score (nSPS) is 10.8. The van der Waals surface area contributed by atoms with Gasteiger partial charge in [0.1, 0.15) is 11.3 Å². The van der Waals surface area contributed by atoms with Gasteiger partial charge in [-0.15, -0.1) is 0 Å². The van der Waals surface area contributed by atoms with Crippen LogP contribution in [-0.2, 0) is 6.61 Å². The van der Waals surface area contributed by atoms with E-state index in [1.54, 1.807) is 24.3 Å². The topological polar surface area (TPSA) is 72.6 Å². The third-order valence-corrected chi connectivity index (χ3v) is 3.45. The number of oxazole rings is 1. The molecule has 0 aliphatic heterocycles. The summed E-state index contributed by atoms with van der Waals surface area (Å²) in [5.74, 6) is -0.237. The van der Waals surface area contributed by atoms with Crippen LogP contribution in [0, 0.1) is 0 Å². The van der Waals surface area contributed by atoms with Crippen LogP contribution in [0.3, 0.4) is 0 Å². The standard InChI is InChI=1S/C15H9Cl2NO4/c16-9-2-4-12(10(17)6-9)21-7-14-18-11-5-8(15(19)20)1-3-13(11)22-14/h1-6H,7H2,(H,19,20). The number of hydrogen-bond acceptors (Lipinski definition) is 4. The van der Waals surface area contributed by atoms with Crippen LogP contribution in [0.4, 0.5) is 0 Å². The number of fused-ring (bicyclic) bond motifs is 1. The van der Waals surface area contributed by atoms with Crippen LogP contribution < -0.4 is 4.74 Å². The molecular weight excluding hydrogens is 329 g/mol. The molecule has 0 radical (unpaired) electrons. The van der Waals surface area contributed by atoms with Crippen LogP contribution in [-0.4, -0.2) is 16.1 Å². The summed E-state index contributed by atoms with van der Waals surface area (Å²) in [5.41, 5.74) is 1.10. The van der Waals surface area contributed by atoms with Gasteiger partial charge in [-0.2, -0.15) is 0 Å². The smallest absolute Gasteiger partial charge is 0.335 e. The predicted molar refractivity (Wildman–Crippen MR) is 81.8 cm³/mol. The maximum atomic E-state index is 10.9. The molecule has 2 aromatic carbocycles. The molecule has 22 heavy (non-hydrogen) atoms. The van der Waals surface area contributed by atoms with Gasteiger partial charge in [0, 0.05) is 5.02 Å². The van der Waals surface area contributed by atoms with Gasteiger partial charge < -0.3 is 14.3 Å². The highest BCUT2D eigenvalue weighted by atomic mass is 35.5. The molecule has 0 saturated heterocycles. The van der Waals surface area contributed by atoms with E-state index in [2.05, 4.69) is 4.98 Å². The summed E-state index contributed by atoms with van der Waals surface area (Å²) in [6.45, 7) is 0.0679. The van der Waals surface area contributed by atoms with Gasteiger partial charge in [-0.1, -0.05) is 23.2 Å². The Bertz CT molecular complexity index is 860. The second kappa shape index (κ2) is 5.87. The number of nitrogens with zero attached hydrogens (tertiary/aromatic N) is 1. The van der Waals surface area contributed by atoms with Gasteiger partial charge in [0.25, 0.3) is 0 Å². The average Bonchev–Trinajstić information content (AvgIpc) is 2.88. The van der Waals surface area contributed by atoms with E-state index >= 15 is 0 Å². The lowest BCUT2D eigenvalue weighted by atomic mass is 10.2. The number of aromatic nitrogens is 1. The zero-order valence-corrected chi connectivity index (χ0v) is 12.6. The van der Waals surface area contributed by atoms with Gasteiger partial charge in [0.05, 0.1) is 10.6 Å². The van der Waals surface area contributed by atoms with Gasteiger partial charge in [-0.3, -0.25) is 0 Å². The summed E-state index contributed by atoms with van der Waals surface area (Å²) >= 11 is 11.8. The first-order valence-corrected chi connectivity index (χ1v) is 6.99. The molecule has 0 aliphatic carbocycles. The number of hydrogen-bond donors (Lipinski definition) is 1. The molecule has 1 heterocycles. The van der Waals surface area contributed by atoms with Crippen molar-refractivity contribution in [3.63, 3.8) is 0 Å². The lowest BCUT2D eigenvalue weighted by Gasteiger charge is -2.05. The number of rotatable bonds is 4. The quantitative estimate of drug-likeness (QED) is 0.763. The van der Waals surface area contributed by atoms with Gasteiger partial charge >= 0.3 is 5.97 Å². The Balaban J connectivity index is 1.80. The van der Waals surface area contributed by atoms with Gasteiger partial charge in [-0.05, 0) is 36.4 Å². The van der Waals surface area contributed by atoms with E-state index in [-0.39, 0.29) is 12.2 Å². The minimum Gasteiger partial charge on any atom is -0.482 e. The molecule has 112 valence electrons. The number of carbonyl (C=O) groups is 1. The Morgan fingerprint density at radius 3 is 2.77 bits per heavy atom. The number of halogens is 2. The Hall–Kier alpha value is -2.24. The van der Waals surface area contributed by atoms with Crippen molar-refractivity contribution in [1.29, 1.82) is 0 Å². The Morgan fingerprint density at radius 2 is 2.05 bits per heavy atom. The van der Waals surface area contributed by atoms with Crippen LogP contribution in [0.2, 0.25) is 10.0 Å². The molecule has 0 saturated carbocycles. The summed E-state index contributed by atoms with van der Waals surface area (Å²) < 4.78 is 11.0. The second-order valence-corrected chi connectivity index (χ2v) is 5.30. The van der Waals surface area contributed by atoms with E-state index in [4.69, 9.17) is 37.5 Å². The molecule has 0 spiro atoms. The van der Waals surface area contributed by atoms with E-state index in [1.807, 2.05) is 0 Å². The SMILES string of the molecule is O=C(O)c1ccc2oc(COc3ccc(Cl)cc3Cl)nc2c1. The molecular formula is C15H9Cl2NO4. The van der Waals surface area contributed by atoms with Crippen molar-refractivity contribution in [2.45, 2.75) is 6.61 Å². The Morgan fingerprint density at radius 1 is 1.23 bits per heavy atom. The summed E-state index contributed by atoms with van der Waals surface area (Å²) in [5, 5.41) is 9.85. The number of benzene rings is 2. The van der Waals surface area contributed by atoms with Crippen molar-refractivity contribution in [3.8, 4) is 5.75 Å². The number of carboxylic acid groups (broad SMARTS) is 1. The zero-order valence-electron chi connectivity index (χ0n) is 11.0. The number of carboxylic acids is 1. The molecule has 0 fully saturated rings. The highest BCUT2D eigenvalue weighted by Crippen LogP contribution is 2.28. The predicted octanol–water partition coefficient (Wildman–Crippen LogP) is 4.41. The maximum absolute atomic E-state index is 10.9. The third-order valence-electron chi connectivity index (χ3n) is 2.92. The second-order valence-electron chi connectivity index (χ2n) is 4.46. The van der Waals surface area contributed by atoms with E-state index in [0.29, 0.717) is 32.8 Å². The van der Waals surface area contributed by atoms with Crippen molar-refractivity contribution >= 4 is 40.3 Å². The summed E-state index contributed by atoms with van der Waals surface area (Å²) in [6, 6.07) is 9.34. The van der Waals surface area contributed by atoms with Crippen molar-refractivity contribution in [3.05, 3.63) is 57.9 Å². The van der Waals surface area contributed by atoms with Crippen LogP contribution in [0.5, 0.6) is 5.75 Å². The van der Waals surface area contributed by atoms with Gasteiger partial charge in [0.15, 0.2) is 12.2 Å². The fourth-order valence-electron chi connectivity index (χ4n) is 1.90. The lowest BCUT2D eigenvalue weighted by molar-refractivity contribution is 0.0697. The molecule has 5 nitrogen and oxygen atoms in total. The molecule has 3 aromatic rings. The number of aromatic carboxylic acids is 1. The molecule has 3 rings (SSSR count). The molecule has 0 aliphatic rings. The fraction of sp³-hybridized carbons (Fsp3) is 0.0667. The third kappa shape index (κ3) is 3.00. The number of ether oxygens (including phenoxy) is 1. The minimum atomic E-state index is -1.02. The molecule has 7 heteroatoms. The molecule has 0 unspecified atom stereocenters. The molecule has 0 bridgehead atoms. The molecule has 0 atom stereocenters. The van der Waals surface area contributed by atoms with Crippen LogP contribution >= 0.6 is 23.2 Å². The van der Waals surface area contributed by atoms with E-state index < -0.39 is 5.97 Å². The van der Waals surface area contributed by atoms with Crippen LogP contribution in [0.25, 0.3) is 11.1 Å². The van der Waals surface area contributed by atoms with E-state index in [9.17, 15) is 4.79 Å². The maximum Gasteiger partial charge on any atom is 0.335 e. The van der Waals surface area contributed by atoms with Gasteiger partial charge in [0.2, 0.25) is 5.89 Å². The average molecular weight is 338 g/mol. The zero-order chi connectivity index (χ0) is 15.7. The van der Waals surface area contributed by atoms with E-state index in [1.165, 1.54) is 12.1 Å². The van der Waals surface area contributed by atoms with Crippen molar-refractivity contribution in [2.75, 3.05) is 0 Å². The van der Waals surface area contributed by atoms with E-state index in [0.717, 1.165) is 0 Å². The van der Waals surface area contributed by atoms with Crippen molar-refractivity contribution in [2.24, 2.45) is 0 Å². The molecule has 1 aromatic heterocycles. The largest absolute Gasteiger partial charge is 0.482 e. The van der Waals surface area contributed by atoms with Crippen LogP contribution in [0.15, 0.2) is 40.8 Å².